The summed E-state index contributed by atoms with van der Waals surface area (Å²) in [5, 5.41) is 1.02. The Balaban J connectivity index is 2.14. The molecule has 3 heterocycles. The van der Waals surface area contributed by atoms with Crippen molar-refractivity contribution < 1.29 is 0 Å². The van der Waals surface area contributed by atoms with Crippen LogP contribution in [0.2, 0.25) is 0 Å². The lowest BCUT2D eigenvalue weighted by atomic mass is 10.2. The van der Waals surface area contributed by atoms with E-state index in [0.717, 1.165) is 33.3 Å². The van der Waals surface area contributed by atoms with Crippen LogP contribution >= 0.6 is 0 Å². The van der Waals surface area contributed by atoms with E-state index in [-0.39, 0.29) is 0 Å². The van der Waals surface area contributed by atoms with Crippen LogP contribution in [0.4, 0.5) is 5.95 Å². The second kappa shape index (κ2) is 4.28. The van der Waals surface area contributed by atoms with Gasteiger partial charge in [0.1, 0.15) is 5.52 Å². The number of pyridine rings is 2. The Morgan fingerprint density at radius 1 is 1.00 bits per heavy atom. The van der Waals surface area contributed by atoms with Crippen LogP contribution in [-0.4, -0.2) is 19.5 Å². The summed E-state index contributed by atoms with van der Waals surface area (Å²) in [6.45, 7) is 2.01. The highest BCUT2D eigenvalue weighted by molar-refractivity contribution is 5.90. The number of imidazole rings is 1. The number of aryl methyl sites for hydroxylation is 1. The van der Waals surface area contributed by atoms with Gasteiger partial charge in [0.2, 0.25) is 5.95 Å². The predicted octanol–water partition coefficient (Wildman–Crippen LogP) is 2.86. The molecule has 1 aromatic carbocycles. The standard InChI is InChI=1S/C16H13N5/c1-10-7-9-19-15-14(10)20-16(17)21(15)13-6-2-5-12-11(13)4-3-8-18-12/h2-9H,1H3,(H2,17,20). The molecule has 0 spiro atoms. The molecule has 21 heavy (non-hydrogen) atoms. The van der Waals surface area contributed by atoms with Crippen molar-refractivity contribution in [3.8, 4) is 5.69 Å². The van der Waals surface area contributed by atoms with E-state index >= 15 is 0 Å². The fourth-order valence-electron chi connectivity index (χ4n) is 2.63. The summed E-state index contributed by atoms with van der Waals surface area (Å²) >= 11 is 0. The van der Waals surface area contributed by atoms with E-state index in [1.165, 1.54) is 0 Å². The zero-order valence-corrected chi connectivity index (χ0v) is 11.5. The van der Waals surface area contributed by atoms with E-state index in [0.29, 0.717) is 5.95 Å². The molecule has 102 valence electrons. The number of anilines is 1. The minimum absolute atomic E-state index is 0.433. The van der Waals surface area contributed by atoms with Crippen molar-refractivity contribution in [3.05, 3.63) is 54.4 Å². The normalized spacial score (nSPS) is 11.3. The van der Waals surface area contributed by atoms with Crippen LogP contribution in [0.3, 0.4) is 0 Å². The molecule has 0 amide bonds. The monoisotopic (exact) mass is 275 g/mol. The van der Waals surface area contributed by atoms with Crippen molar-refractivity contribution in [2.24, 2.45) is 0 Å². The van der Waals surface area contributed by atoms with Gasteiger partial charge in [-0.1, -0.05) is 6.07 Å². The molecule has 5 heteroatoms. The Kier molecular flexibility index (Phi) is 2.41. The average Bonchev–Trinajstić information content (AvgIpc) is 2.84. The lowest BCUT2D eigenvalue weighted by Crippen LogP contribution is -2.02. The smallest absolute Gasteiger partial charge is 0.207 e. The first kappa shape index (κ1) is 11.8. The molecule has 3 aromatic heterocycles. The molecule has 5 nitrogen and oxygen atoms in total. The summed E-state index contributed by atoms with van der Waals surface area (Å²) in [6, 6.07) is 11.8. The molecule has 4 rings (SSSR count). The first-order valence-corrected chi connectivity index (χ1v) is 6.69. The summed E-state index contributed by atoms with van der Waals surface area (Å²) in [4.78, 5) is 13.3. The fourth-order valence-corrected chi connectivity index (χ4v) is 2.63. The molecular weight excluding hydrogens is 262 g/mol. The molecule has 0 saturated heterocycles. The van der Waals surface area contributed by atoms with Gasteiger partial charge in [-0.2, -0.15) is 0 Å². The third kappa shape index (κ3) is 1.67. The SMILES string of the molecule is Cc1ccnc2c1nc(N)n2-c1cccc2ncccc12. The van der Waals surface area contributed by atoms with Crippen molar-refractivity contribution >= 4 is 28.0 Å². The number of aromatic nitrogens is 4. The van der Waals surface area contributed by atoms with Crippen LogP contribution in [-0.2, 0) is 0 Å². The molecule has 4 aromatic rings. The lowest BCUT2D eigenvalue weighted by Gasteiger charge is -2.09. The Morgan fingerprint density at radius 2 is 1.90 bits per heavy atom. The highest BCUT2D eigenvalue weighted by atomic mass is 15.2. The van der Waals surface area contributed by atoms with Crippen molar-refractivity contribution in [1.29, 1.82) is 0 Å². The maximum absolute atomic E-state index is 6.14. The molecule has 0 aliphatic heterocycles. The average molecular weight is 275 g/mol. The third-order valence-electron chi connectivity index (χ3n) is 3.64. The van der Waals surface area contributed by atoms with Gasteiger partial charge in [0.25, 0.3) is 0 Å². The summed E-state index contributed by atoms with van der Waals surface area (Å²) in [6.07, 6.45) is 3.56. The van der Waals surface area contributed by atoms with Crippen LogP contribution in [0.25, 0.3) is 27.8 Å². The molecular formula is C16H13N5. The Morgan fingerprint density at radius 3 is 2.81 bits per heavy atom. The minimum atomic E-state index is 0.433. The summed E-state index contributed by atoms with van der Waals surface area (Å²) < 4.78 is 1.88. The maximum atomic E-state index is 6.14. The van der Waals surface area contributed by atoms with Gasteiger partial charge in [0.15, 0.2) is 5.65 Å². The molecule has 2 N–H and O–H groups in total. The Hall–Kier alpha value is -2.95. The van der Waals surface area contributed by atoms with Gasteiger partial charge in [-0.25, -0.2) is 9.97 Å². The molecule has 0 saturated carbocycles. The summed E-state index contributed by atoms with van der Waals surface area (Å²) in [7, 11) is 0. The number of fused-ring (bicyclic) bond motifs is 2. The van der Waals surface area contributed by atoms with Crippen LogP contribution in [0.5, 0.6) is 0 Å². The number of hydrogen-bond donors (Lipinski definition) is 1. The first-order valence-electron chi connectivity index (χ1n) is 6.69. The Bertz CT molecular complexity index is 966. The van der Waals surface area contributed by atoms with Crippen molar-refractivity contribution in [2.75, 3.05) is 5.73 Å². The quantitative estimate of drug-likeness (QED) is 0.580. The zero-order chi connectivity index (χ0) is 14.4. The van der Waals surface area contributed by atoms with E-state index < -0.39 is 0 Å². The van der Waals surface area contributed by atoms with Gasteiger partial charge in [-0.3, -0.25) is 9.55 Å². The molecule has 0 atom stereocenters. The van der Waals surface area contributed by atoms with Gasteiger partial charge in [0.05, 0.1) is 11.2 Å². The van der Waals surface area contributed by atoms with Crippen LogP contribution in [0.1, 0.15) is 5.56 Å². The molecule has 0 unspecified atom stereocenters. The van der Waals surface area contributed by atoms with Crippen LogP contribution < -0.4 is 5.73 Å². The van der Waals surface area contributed by atoms with Crippen molar-refractivity contribution in [3.63, 3.8) is 0 Å². The van der Waals surface area contributed by atoms with Crippen LogP contribution in [0.15, 0.2) is 48.8 Å². The second-order valence-corrected chi connectivity index (χ2v) is 4.95. The zero-order valence-electron chi connectivity index (χ0n) is 11.5. The molecule has 0 fully saturated rings. The predicted molar refractivity (Wildman–Crippen MR) is 83.3 cm³/mol. The van der Waals surface area contributed by atoms with Gasteiger partial charge >= 0.3 is 0 Å². The maximum Gasteiger partial charge on any atom is 0.207 e. The fraction of sp³-hybridized carbons (Fsp3) is 0.0625. The van der Waals surface area contributed by atoms with E-state index in [1.807, 2.05) is 47.9 Å². The highest BCUT2D eigenvalue weighted by Gasteiger charge is 2.14. The lowest BCUT2D eigenvalue weighted by molar-refractivity contribution is 1.09. The van der Waals surface area contributed by atoms with Crippen molar-refractivity contribution in [1.82, 2.24) is 19.5 Å². The summed E-state index contributed by atoms with van der Waals surface area (Å²) in [5.74, 6) is 0.433. The Labute approximate surface area is 121 Å². The third-order valence-corrected chi connectivity index (χ3v) is 3.64. The molecule has 0 bridgehead atoms. The second-order valence-electron chi connectivity index (χ2n) is 4.95. The number of nitrogens with two attached hydrogens (primary N) is 1. The topological polar surface area (TPSA) is 69.6 Å². The highest BCUT2D eigenvalue weighted by Crippen LogP contribution is 2.27. The molecule has 0 aliphatic rings. The summed E-state index contributed by atoms with van der Waals surface area (Å²) in [5.41, 5.74) is 10.7. The van der Waals surface area contributed by atoms with E-state index in [9.17, 15) is 0 Å². The molecule has 0 radical (unpaired) electrons. The number of hydrogen-bond acceptors (Lipinski definition) is 4. The first-order chi connectivity index (χ1) is 10.3. The molecule has 0 aliphatic carbocycles. The van der Waals surface area contributed by atoms with Gasteiger partial charge in [0, 0.05) is 17.8 Å². The minimum Gasteiger partial charge on any atom is -0.369 e. The van der Waals surface area contributed by atoms with Crippen molar-refractivity contribution in [2.45, 2.75) is 6.92 Å². The van der Waals surface area contributed by atoms with E-state index in [2.05, 4.69) is 15.0 Å². The number of rotatable bonds is 1. The van der Waals surface area contributed by atoms with Gasteiger partial charge < -0.3 is 5.73 Å². The number of nitrogens with zero attached hydrogens (tertiary/aromatic N) is 4. The largest absolute Gasteiger partial charge is 0.369 e. The van der Waals surface area contributed by atoms with Crippen LogP contribution in [0, 0.1) is 6.92 Å². The number of benzene rings is 1. The van der Waals surface area contributed by atoms with Gasteiger partial charge in [-0.05, 0) is 42.8 Å². The van der Waals surface area contributed by atoms with Gasteiger partial charge in [-0.15, -0.1) is 0 Å². The van der Waals surface area contributed by atoms with E-state index in [4.69, 9.17) is 5.73 Å². The number of nitrogen functional groups attached to an aromatic ring is 1. The van der Waals surface area contributed by atoms with E-state index in [1.54, 1.807) is 12.4 Å².